The largest absolute Gasteiger partial charge is 0.492 e. The van der Waals surface area contributed by atoms with Crippen LogP contribution in [-0.2, 0) is 4.79 Å². The second kappa shape index (κ2) is 5.21. The molecule has 2 unspecified atom stereocenters. The average Bonchev–Trinajstić information content (AvgIpc) is 2.79. The van der Waals surface area contributed by atoms with E-state index in [2.05, 4.69) is 5.32 Å². The zero-order chi connectivity index (χ0) is 14.0. The molecule has 0 aromatic heterocycles. The van der Waals surface area contributed by atoms with Crippen molar-refractivity contribution in [1.29, 1.82) is 0 Å². The molecule has 2 rings (SSSR count). The normalized spacial score (nSPS) is 20.6. The lowest BCUT2D eigenvalue weighted by atomic mass is 9.92. The maximum Gasteiger partial charge on any atom is 0.231 e. The van der Waals surface area contributed by atoms with Crippen LogP contribution in [0.4, 0.5) is 0 Å². The molecule has 1 aromatic carbocycles. The van der Waals surface area contributed by atoms with Gasteiger partial charge < -0.3 is 15.2 Å². The van der Waals surface area contributed by atoms with Crippen molar-refractivity contribution in [2.24, 2.45) is 5.92 Å². The van der Waals surface area contributed by atoms with Gasteiger partial charge >= 0.3 is 0 Å². The first kappa shape index (κ1) is 13.9. The Balaban J connectivity index is 1.99. The molecule has 1 heterocycles. The number of nitrogens with one attached hydrogen (secondary N) is 1. The number of fused-ring (bicyclic) bond motifs is 1. The Morgan fingerprint density at radius 3 is 2.89 bits per heavy atom. The van der Waals surface area contributed by atoms with E-state index in [0.29, 0.717) is 6.61 Å². The molecule has 0 saturated carbocycles. The quantitative estimate of drug-likeness (QED) is 0.869. The highest BCUT2D eigenvalue weighted by atomic mass is 16.5. The van der Waals surface area contributed by atoms with Crippen molar-refractivity contribution in [3.63, 3.8) is 0 Å². The molecule has 0 saturated heterocycles. The summed E-state index contributed by atoms with van der Waals surface area (Å²) in [5, 5.41) is 13.0. The molecule has 1 aromatic rings. The van der Waals surface area contributed by atoms with Gasteiger partial charge in [-0.2, -0.15) is 0 Å². The predicted octanol–water partition coefficient (Wildman–Crippen LogP) is 1.69. The van der Waals surface area contributed by atoms with Gasteiger partial charge in [0, 0.05) is 12.1 Å². The Hall–Kier alpha value is -1.55. The summed E-state index contributed by atoms with van der Waals surface area (Å²) in [7, 11) is 0. The number of hydrogen-bond acceptors (Lipinski definition) is 3. The van der Waals surface area contributed by atoms with Crippen molar-refractivity contribution in [2.45, 2.75) is 32.3 Å². The number of benzene rings is 1. The summed E-state index contributed by atoms with van der Waals surface area (Å²) >= 11 is 0. The van der Waals surface area contributed by atoms with Crippen LogP contribution in [-0.4, -0.2) is 29.8 Å². The highest BCUT2D eigenvalue weighted by Crippen LogP contribution is 2.33. The summed E-state index contributed by atoms with van der Waals surface area (Å²) in [6.45, 7) is 6.22. The van der Waals surface area contributed by atoms with Gasteiger partial charge in [-0.25, -0.2) is 0 Å². The van der Waals surface area contributed by atoms with Gasteiger partial charge in [0.25, 0.3) is 0 Å². The molecule has 0 spiro atoms. The lowest BCUT2D eigenvalue weighted by molar-refractivity contribution is -0.124. The van der Waals surface area contributed by atoms with E-state index >= 15 is 0 Å². The molecule has 104 valence electrons. The van der Waals surface area contributed by atoms with E-state index in [1.165, 1.54) is 0 Å². The van der Waals surface area contributed by atoms with Crippen LogP contribution < -0.4 is 10.1 Å². The number of aliphatic hydroxyl groups is 1. The SMILES string of the molecule is CC(C)C(C)(O)CNC(=O)C1COc2ccccc21. The molecule has 1 aliphatic rings. The Morgan fingerprint density at radius 1 is 1.53 bits per heavy atom. The van der Waals surface area contributed by atoms with Crippen molar-refractivity contribution < 1.29 is 14.6 Å². The second-order valence-electron chi connectivity index (χ2n) is 5.63. The average molecular weight is 263 g/mol. The summed E-state index contributed by atoms with van der Waals surface area (Å²) in [4.78, 5) is 12.2. The lowest BCUT2D eigenvalue weighted by Gasteiger charge is -2.28. The lowest BCUT2D eigenvalue weighted by Crippen LogP contribution is -2.45. The first-order chi connectivity index (χ1) is 8.92. The molecule has 19 heavy (non-hydrogen) atoms. The molecule has 0 radical (unpaired) electrons. The fourth-order valence-corrected chi connectivity index (χ4v) is 1.97. The fourth-order valence-electron chi connectivity index (χ4n) is 1.97. The van der Waals surface area contributed by atoms with E-state index in [0.717, 1.165) is 11.3 Å². The minimum absolute atomic E-state index is 0.0833. The Kier molecular flexibility index (Phi) is 3.80. The number of carbonyl (C=O) groups is 1. The van der Waals surface area contributed by atoms with E-state index in [4.69, 9.17) is 4.74 Å². The van der Waals surface area contributed by atoms with E-state index < -0.39 is 5.60 Å². The van der Waals surface area contributed by atoms with Crippen LogP contribution in [0, 0.1) is 5.92 Å². The number of carbonyl (C=O) groups excluding carboxylic acids is 1. The molecule has 0 bridgehead atoms. The second-order valence-corrected chi connectivity index (χ2v) is 5.63. The summed E-state index contributed by atoms with van der Waals surface area (Å²) in [6, 6.07) is 7.57. The summed E-state index contributed by atoms with van der Waals surface area (Å²) in [5.74, 6) is 0.489. The van der Waals surface area contributed by atoms with Crippen LogP contribution >= 0.6 is 0 Å². The Labute approximate surface area is 113 Å². The maximum absolute atomic E-state index is 12.2. The van der Waals surface area contributed by atoms with Crippen molar-refractivity contribution in [1.82, 2.24) is 5.32 Å². The summed E-state index contributed by atoms with van der Waals surface area (Å²) in [5.41, 5.74) is 0.0263. The van der Waals surface area contributed by atoms with Crippen molar-refractivity contribution in [3.05, 3.63) is 29.8 Å². The highest BCUT2D eigenvalue weighted by Gasteiger charge is 2.32. The van der Waals surface area contributed by atoms with Gasteiger partial charge in [-0.15, -0.1) is 0 Å². The van der Waals surface area contributed by atoms with Crippen LogP contribution in [0.5, 0.6) is 5.75 Å². The first-order valence-electron chi connectivity index (χ1n) is 6.63. The van der Waals surface area contributed by atoms with Gasteiger partial charge in [-0.05, 0) is 18.9 Å². The van der Waals surface area contributed by atoms with Crippen LogP contribution in [0.15, 0.2) is 24.3 Å². The molecule has 4 heteroatoms. The van der Waals surface area contributed by atoms with Crippen LogP contribution in [0.2, 0.25) is 0 Å². The fraction of sp³-hybridized carbons (Fsp3) is 0.533. The topological polar surface area (TPSA) is 58.6 Å². The molecule has 4 nitrogen and oxygen atoms in total. The van der Waals surface area contributed by atoms with E-state index in [1.54, 1.807) is 6.92 Å². The zero-order valence-electron chi connectivity index (χ0n) is 11.6. The van der Waals surface area contributed by atoms with E-state index in [9.17, 15) is 9.90 Å². The molecule has 1 amide bonds. The van der Waals surface area contributed by atoms with Gasteiger partial charge in [0.05, 0.1) is 5.60 Å². The van der Waals surface area contributed by atoms with Gasteiger partial charge in [-0.1, -0.05) is 32.0 Å². The van der Waals surface area contributed by atoms with Gasteiger partial charge in [0.1, 0.15) is 18.3 Å². The summed E-state index contributed by atoms with van der Waals surface area (Å²) in [6.07, 6.45) is 0. The van der Waals surface area contributed by atoms with Crippen molar-refractivity contribution >= 4 is 5.91 Å². The van der Waals surface area contributed by atoms with Gasteiger partial charge in [-0.3, -0.25) is 4.79 Å². The third kappa shape index (κ3) is 2.89. The molecular formula is C15H21NO3. The third-order valence-corrected chi connectivity index (χ3v) is 3.88. The zero-order valence-corrected chi connectivity index (χ0v) is 11.6. The minimum atomic E-state index is -0.894. The monoisotopic (exact) mass is 263 g/mol. The number of para-hydroxylation sites is 1. The standard InChI is InChI=1S/C15H21NO3/c1-10(2)15(3,18)9-16-14(17)12-8-19-13-7-5-4-6-11(12)13/h4-7,10,12,18H,8-9H2,1-3H3,(H,16,17). The maximum atomic E-state index is 12.2. The smallest absolute Gasteiger partial charge is 0.231 e. The first-order valence-corrected chi connectivity index (χ1v) is 6.63. The predicted molar refractivity (Wildman–Crippen MR) is 73.1 cm³/mol. The molecule has 2 N–H and O–H groups in total. The molecule has 2 atom stereocenters. The molecule has 1 aliphatic heterocycles. The van der Waals surface area contributed by atoms with Gasteiger partial charge in [0.15, 0.2) is 0 Å². The summed E-state index contributed by atoms with van der Waals surface area (Å²) < 4.78 is 5.49. The van der Waals surface area contributed by atoms with E-state index in [1.807, 2.05) is 38.1 Å². The number of rotatable bonds is 4. The van der Waals surface area contributed by atoms with Crippen molar-refractivity contribution in [2.75, 3.05) is 13.2 Å². The number of hydrogen-bond donors (Lipinski definition) is 2. The van der Waals surface area contributed by atoms with Crippen LogP contribution in [0.1, 0.15) is 32.3 Å². The minimum Gasteiger partial charge on any atom is -0.492 e. The number of ether oxygens (including phenoxy) is 1. The van der Waals surface area contributed by atoms with Crippen LogP contribution in [0.25, 0.3) is 0 Å². The number of amides is 1. The third-order valence-electron chi connectivity index (χ3n) is 3.88. The van der Waals surface area contributed by atoms with Crippen molar-refractivity contribution in [3.8, 4) is 5.75 Å². The molecule has 0 aliphatic carbocycles. The molecule has 0 fully saturated rings. The van der Waals surface area contributed by atoms with Gasteiger partial charge in [0.2, 0.25) is 5.91 Å². The van der Waals surface area contributed by atoms with Crippen LogP contribution in [0.3, 0.4) is 0 Å². The Morgan fingerprint density at radius 2 is 2.21 bits per heavy atom. The Bertz CT molecular complexity index is 468. The van der Waals surface area contributed by atoms with E-state index in [-0.39, 0.29) is 24.3 Å². The molecular weight excluding hydrogens is 242 g/mol. The highest BCUT2D eigenvalue weighted by molar-refractivity contribution is 5.85.